The second kappa shape index (κ2) is 9.04. The molecule has 0 unspecified atom stereocenters. The molecule has 1 N–H and O–H groups in total. The van der Waals surface area contributed by atoms with Crippen LogP contribution in [0.1, 0.15) is 56.6 Å². The molecule has 5 heteroatoms. The lowest BCUT2D eigenvalue weighted by Gasteiger charge is -2.28. The summed E-state index contributed by atoms with van der Waals surface area (Å²) in [7, 11) is 0. The van der Waals surface area contributed by atoms with Gasteiger partial charge in [0.15, 0.2) is 0 Å². The molecule has 162 valence electrons. The van der Waals surface area contributed by atoms with Gasteiger partial charge in [-0.15, -0.1) is 0 Å². The maximum atomic E-state index is 12.8. The fourth-order valence-corrected chi connectivity index (χ4v) is 4.54. The number of hydrogen-bond acceptors (Lipinski definition) is 3. The minimum Gasteiger partial charge on any atom is -0.326 e. The van der Waals surface area contributed by atoms with Gasteiger partial charge in [-0.1, -0.05) is 38.1 Å². The Morgan fingerprint density at radius 1 is 1.13 bits per heavy atom. The van der Waals surface area contributed by atoms with Crippen LogP contribution in [0.15, 0.2) is 53.6 Å². The second-order valence-corrected chi connectivity index (χ2v) is 9.16. The fourth-order valence-electron chi connectivity index (χ4n) is 4.54. The molecule has 1 fully saturated rings. The third kappa shape index (κ3) is 4.71. The Bertz CT molecular complexity index is 1140. The van der Waals surface area contributed by atoms with Gasteiger partial charge in [0.1, 0.15) is 0 Å². The highest BCUT2D eigenvalue weighted by atomic mass is 16.2. The molecule has 5 nitrogen and oxygen atoms in total. The number of para-hydroxylation sites is 1. The SMILES string of the molecule is Cc1cc(C(C)C)ccc1NC(=O)C1CCC(Cn2cnc3ccccc3c2=O)CC1. The van der Waals surface area contributed by atoms with E-state index in [0.29, 0.717) is 23.8 Å². The molecule has 1 aromatic heterocycles. The molecule has 1 aliphatic carbocycles. The lowest BCUT2D eigenvalue weighted by atomic mass is 9.81. The number of benzene rings is 2. The van der Waals surface area contributed by atoms with Gasteiger partial charge in [-0.05, 0) is 73.8 Å². The van der Waals surface area contributed by atoms with Crippen molar-refractivity contribution in [2.24, 2.45) is 11.8 Å². The minimum absolute atomic E-state index is 0.0192. The molecule has 1 amide bonds. The zero-order chi connectivity index (χ0) is 22.0. The molecule has 0 aliphatic heterocycles. The molecule has 3 aromatic rings. The van der Waals surface area contributed by atoms with Crippen LogP contribution >= 0.6 is 0 Å². The van der Waals surface area contributed by atoms with Gasteiger partial charge in [0.05, 0.1) is 17.2 Å². The average molecular weight is 418 g/mol. The smallest absolute Gasteiger partial charge is 0.261 e. The number of carbonyl (C=O) groups excluding carboxylic acids is 1. The number of carbonyl (C=O) groups is 1. The third-order valence-electron chi connectivity index (χ3n) is 6.58. The number of aromatic nitrogens is 2. The predicted octanol–water partition coefficient (Wildman–Crippen LogP) is 5.27. The van der Waals surface area contributed by atoms with E-state index in [-0.39, 0.29) is 17.4 Å². The Morgan fingerprint density at radius 2 is 1.87 bits per heavy atom. The second-order valence-electron chi connectivity index (χ2n) is 9.16. The highest BCUT2D eigenvalue weighted by molar-refractivity contribution is 5.93. The van der Waals surface area contributed by atoms with Crippen LogP contribution in [0.3, 0.4) is 0 Å². The molecule has 0 atom stereocenters. The number of anilines is 1. The molecule has 1 aliphatic rings. The quantitative estimate of drug-likeness (QED) is 0.615. The summed E-state index contributed by atoms with van der Waals surface area (Å²) in [4.78, 5) is 30.0. The average Bonchev–Trinajstić information content (AvgIpc) is 2.77. The van der Waals surface area contributed by atoms with E-state index in [1.807, 2.05) is 37.3 Å². The Balaban J connectivity index is 1.35. The topological polar surface area (TPSA) is 64.0 Å². The van der Waals surface area contributed by atoms with E-state index < -0.39 is 0 Å². The van der Waals surface area contributed by atoms with Crippen LogP contribution in [0.25, 0.3) is 10.9 Å². The number of aryl methyl sites for hydroxylation is 1. The van der Waals surface area contributed by atoms with E-state index >= 15 is 0 Å². The van der Waals surface area contributed by atoms with Crippen molar-refractivity contribution in [3.05, 3.63) is 70.3 Å². The van der Waals surface area contributed by atoms with Crippen molar-refractivity contribution in [1.29, 1.82) is 0 Å². The van der Waals surface area contributed by atoms with Crippen LogP contribution < -0.4 is 10.9 Å². The number of amides is 1. The van der Waals surface area contributed by atoms with Crippen molar-refractivity contribution < 1.29 is 4.79 Å². The Labute approximate surface area is 183 Å². The normalized spacial score (nSPS) is 19.0. The van der Waals surface area contributed by atoms with Crippen molar-refractivity contribution in [2.45, 2.75) is 58.9 Å². The summed E-state index contributed by atoms with van der Waals surface area (Å²) in [6.07, 6.45) is 5.27. The Kier molecular flexibility index (Phi) is 6.21. The summed E-state index contributed by atoms with van der Waals surface area (Å²) in [5, 5.41) is 3.80. The van der Waals surface area contributed by atoms with Gasteiger partial charge in [0, 0.05) is 18.2 Å². The Hall–Kier alpha value is -2.95. The maximum absolute atomic E-state index is 12.8. The van der Waals surface area contributed by atoms with Crippen molar-refractivity contribution in [3.63, 3.8) is 0 Å². The standard InChI is InChI=1S/C26H31N3O2/c1-17(2)21-12-13-23(18(3)14-21)28-25(30)20-10-8-19(9-11-20)15-29-16-27-24-7-5-4-6-22(24)26(29)31/h4-7,12-14,16-17,19-20H,8-11,15H2,1-3H3,(H,28,30). The van der Waals surface area contributed by atoms with Crippen molar-refractivity contribution in [3.8, 4) is 0 Å². The molecule has 0 saturated heterocycles. The van der Waals surface area contributed by atoms with E-state index in [0.717, 1.165) is 42.5 Å². The first kappa shape index (κ1) is 21.3. The fraction of sp³-hybridized carbons (Fsp3) is 0.423. The Morgan fingerprint density at radius 3 is 2.58 bits per heavy atom. The van der Waals surface area contributed by atoms with Crippen molar-refractivity contribution >= 4 is 22.5 Å². The van der Waals surface area contributed by atoms with Crippen LogP contribution in [0.2, 0.25) is 0 Å². The number of nitrogens with zero attached hydrogens (tertiary/aromatic N) is 2. The summed E-state index contributed by atoms with van der Waals surface area (Å²) in [6.45, 7) is 7.07. The number of rotatable bonds is 5. The van der Waals surface area contributed by atoms with Crippen molar-refractivity contribution in [2.75, 3.05) is 5.32 Å². The first-order valence-electron chi connectivity index (χ1n) is 11.3. The zero-order valence-corrected chi connectivity index (χ0v) is 18.6. The van der Waals surface area contributed by atoms with Gasteiger partial charge < -0.3 is 5.32 Å². The summed E-state index contributed by atoms with van der Waals surface area (Å²) in [5.41, 5.74) is 4.06. The van der Waals surface area contributed by atoms with Gasteiger partial charge >= 0.3 is 0 Å². The molecular formula is C26H31N3O2. The summed E-state index contributed by atoms with van der Waals surface area (Å²) >= 11 is 0. The van der Waals surface area contributed by atoms with Crippen LogP contribution in [0.5, 0.6) is 0 Å². The summed E-state index contributed by atoms with van der Waals surface area (Å²) < 4.78 is 1.73. The molecule has 0 radical (unpaired) electrons. The van der Waals surface area contributed by atoms with E-state index in [4.69, 9.17) is 0 Å². The molecule has 0 bridgehead atoms. The molecule has 1 heterocycles. The summed E-state index contributed by atoms with van der Waals surface area (Å²) in [5.74, 6) is 1.02. The van der Waals surface area contributed by atoms with Crippen LogP contribution in [-0.4, -0.2) is 15.5 Å². The van der Waals surface area contributed by atoms with E-state index in [2.05, 4.69) is 36.3 Å². The minimum atomic E-state index is 0.0192. The van der Waals surface area contributed by atoms with Gasteiger partial charge in [-0.3, -0.25) is 14.2 Å². The first-order chi connectivity index (χ1) is 14.9. The third-order valence-corrected chi connectivity index (χ3v) is 6.58. The number of fused-ring (bicyclic) bond motifs is 1. The van der Waals surface area contributed by atoms with Crippen LogP contribution in [0.4, 0.5) is 5.69 Å². The van der Waals surface area contributed by atoms with Crippen LogP contribution in [-0.2, 0) is 11.3 Å². The molecule has 31 heavy (non-hydrogen) atoms. The predicted molar refractivity (Wildman–Crippen MR) is 125 cm³/mol. The molecular weight excluding hydrogens is 386 g/mol. The maximum Gasteiger partial charge on any atom is 0.261 e. The van der Waals surface area contributed by atoms with E-state index in [1.54, 1.807) is 10.9 Å². The lowest BCUT2D eigenvalue weighted by molar-refractivity contribution is -0.121. The van der Waals surface area contributed by atoms with E-state index in [1.165, 1.54) is 5.56 Å². The van der Waals surface area contributed by atoms with Crippen LogP contribution in [0, 0.1) is 18.8 Å². The lowest BCUT2D eigenvalue weighted by Crippen LogP contribution is -2.30. The monoisotopic (exact) mass is 417 g/mol. The van der Waals surface area contributed by atoms with E-state index in [9.17, 15) is 9.59 Å². The van der Waals surface area contributed by atoms with Crippen molar-refractivity contribution in [1.82, 2.24) is 9.55 Å². The molecule has 2 aromatic carbocycles. The summed E-state index contributed by atoms with van der Waals surface area (Å²) in [6, 6.07) is 13.7. The molecule has 4 rings (SSSR count). The number of nitrogens with one attached hydrogen (secondary N) is 1. The molecule has 1 saturated carbocycles. The molecule has 0 spiro atoms. The van der Waals surface area contributed by atoms with Gasteiger partial charge in [-0.25, -0.2) is 4.98 Å². The largest absolute Gasteiger partial charge is 0.326 e. The van der Waals surface area contributed by atoms with Gasteiger partial charge in [0.25, 0.3) is 5.56 Å². The number of hydrogen-bond donors (Lipinski definition) is 1. The highest BCUT2D eigenvalue weighted by Gasteiger charge is 2.27. The first-order valence-corrected chi connectivity index (χ1v) is 11.3. The van der Waals surface area contributed by atoms with Gasteiger partial charge in [-0.2, -0.15) is 0 Å². The van der Waals surface area contributed by atoms with Gasteiger partial charge in [0.2, 0.25) is 5.91 Å². The zero-order valence-electron chi connectivity index (χ0n) is 18.6. The highest BCUT2D eigenvalue weighted by Crippen LogP contribution is 2.31.